The normalized spacial score (nSPS) is 12.1. The van der Waals surface area contributed by atoms with Gasteiger partial charge >= 0.3 is 6.98 Å². The maximum Gasteiger partial charge on any atom is 0.589 e. The van der Waals surface area contributed by atoms with Crippen molar-refractivity contribution in [2.24, 2.45) is 7.05 Å². The number of hydrogen-bond acceptors (Lipinski definition) is 0. The van der Waals surface area contributed by atoms with Crippen molar-refractivity contribution in [2.45, 2.75) is 26.3 Å². The van der Waals surface area contributed by atoms with E-state index in [9.17, 15) is 12.9 Å². The molecule has 1 aromatic heterocycles. The summed E-state index contributed by atoms with van der Waals surface area (Å²) in [7, 11) is 1.42. The van der Waals surface area contributed by atoms with Crippen LogP contribution < -0.4 is 10.3 Å². The Morgan fingerprint density at radius 3 is 2.57 bits per heavy atom. The highest BCUT2D eigenvalue weighted by Crippen LogP contribution is 2.07. The molecular weight excluding hydrogens is 192 g/mol. The smallest absolute Gasteiger partial charge is 0.440 e. The molecule has 14 heavy (non-hydrogen) atoms. The molecule has 0 aliphatic heterocycles. The Labute approximate surface area is 81.4 Å². The lowest BCUT2D eigenvalue weighted by atomic mass is 9.90. The molecule has 0 spiro atoms. The average molecular weight is 206 g/mol. The molecule has 0 N–H and O–H groups in total. The minimum atomic E-state index is -4.91. The highest BCUT2D eigenvalue weighted by molar-refractivity contribution is 6.71. The number of aromatic nitrogens is 2. The lowest BCUT2D eigenvalue weighted by molar-refractivity contribution is -0.654. The Morgan fingerprint density at radius 1 is 1.43 bits per heavy atom. The van der Waals surface area contributed by atoms with Crippen molar-refractivity contribution in [3.05, 3.63) is 12.4 Å². The summed E-state index contributed by atoms with van der Waals surface area (Å²) >= 11 is 0. The van der Waals surface area contributed by atoms with Gasteiger partial charge in [-0.25, -0.2) is 0 Å². The van der Waals surface area contributed by atoms with Gasteiger partial charge in [0.1, 0.15) is 12.4 Å². The van der Waals surface area contributed by atoms with Crippen molar-refractivity contribution in [2.75, 3.05) is 0 Å². The Balaban J connectivity index is 2.95. The largest absolute Gasteiger partial charge is 0.589 e. The van der Waals surface area contributed by atoms with Gasteiger partial charge in [0.15, 0.2) is 5.72 Å². The molecule has 0 saturated heterocycles. The van der Waals surface area contributed by atoms with Gasteiger partial charge in [0.2, 0.25) is 0 Å². The Hall–Kier alpha value is -0.935. The molecule has 80 valence electrons. The number of halogens is 3. The molecule has 6 heteroatoms. The lowest BCUT2D eigenvalue weighted by Gasteiger charge is -2.12. The molecule has 2 nitrogen and oxygen atoms in total. The molecule has 0 saturated carbocycles. The van der Waals surface area contributed by atoms with Gasteiger partial charge in [0.25, 0.3) is 0 Å². The minimum Gasteiger partial charge on any atom is -0.440 e. The monoisotopic (exact) mass is 206 g/mol. The fourth-order valence-electron chi connectivity index (χ4n) is 1.47. The van der Waals surface area contributed by atoms with Crippen molar-refractivity contribution in [3.8, 4) is 0 Å². The van der Waals surface area contributed by atoms with E-state index < -0.39 is 12.7 Å². The number of hydrogen-bond donors (Lipinski definition) is 0. The molecule has 0 aliphatic rings. The summed E-state index contributed by atoms with van der Waals surface area (Å²) in [6.45, 7) is -2.51. The van der Waals surface area contributed by atoms with E-state index >= 15 is 0 Å². The van der Waals surface area contributed by atoms with E-state index in [0.29, 0.717) is 6.54 Å². The first kappa shape index (κ1) is 11.1. The first-order chi connectivity index (χ1) is 6.46. The number of unbranched alkanes of at least 4 members (excludes halogenated alkanes) is 1. The van der Waals surface area contributed by atoms with E-state index in [1.54, 1.807) is 0 Å². The second-order valence-electron chi connectivity index (χ2n) is 3.39. The Bertz CT molecular complexity index is 306. The third kappa shape index (κ3) is 2.30. The number of aryl methyl sites for hydroxylation is 2. The lowest BCUT2D eigenvalue weighted by Crippen LogP contribution is -2.58. The zero-order chi connectivity index (χ0) is 10.8. The van der Waals surface area contributed by atoms with Crippen LogP contribution in [0.4, 0.5) is 12.9 Å². The molecule has 0 radical (unpaired) electrons. The van der Waals surface area contributed by atoms with Crippen LogP contribution in [0.15, 0.2) is 12.4 Å². The Morgan fingerprint density at radius 2 is 2.07 bits per heavy atom. The average Bonchev–Trinajstić information content (AvgIpc) is 2.42. The van der Waals surface area contributed by atoms with E-state index in [1.807, 2.05) is 6.92 Å². The van der Waals surface area contributed by atoms with Crippen molar-refractivity contribution in [1.29, 1.82) is 0 Å². The van der Waals surface area contributed by atoms with Crippen molar-refractivity contribution >= 4 is 12.7 Å². The van der Waals surface area contributed by atoms with Crippen LogP contribution in [-0.2, 0) is 13.6 Å². The molecule has 1 aromatic rings. The predicted molar refractivity (Wildman–Crippen MR) is 49.2 cm³/mol. The van der Waals surface area contributed by atoms with Crippen LogP contribution in [0.1, 0.15) is 19.8 Å². The number of nitrogens with zero attached hydrogens (tertiary/aromatic N) is 2. The van der Waals surface area contributed by atoms with Crippen molar-refractivity contribution < 1.29 is 17.5 Å². The molecule has 0 aliphatic carbocycles. The fraction of sp³-hybridized carbons (Fsp3) is 0.625. The van der Waals surface area contributed by atoms with Crippen LogP contribution in [0.5, 0.6) is 0 Å². The van der Waals surface area contributed by atoms with Crippen molar-refractivity contribution in [3.63, 3.8) is 0 Å². The SMILES string of the molecule is CCCCn1cc[n+](C)c1[B-](F)(F)F. The topological polar surface area (TPSA) is 8.81 Å². The van der Waals surface area contributed by atoms with Crippen LogP contribution in [0.2, 0.25) is 0 Å². The highest BCUT2D eigenvalue weighted by Gasteiger charge is 2.38. The summed E-state index contributed by atoms with van der Waals surface area (Å²) in [6, 6.07) is 0. The number of imidazole rings is 1. The molecule has 0 fully saturated rings. The molecule has 1 heterocycles. The van der Waals surface area contributed by atoms with Gasteiger partial charge < -0.3 is 12.9 Å². The van der Waals surface area contributed by atoms with Crippen LogP contribution in [-0.4, -0.2) is 11.5 Å². The summed E-state index contributed by atoms with van der Waals surface area (Å²) in [5, 5.41) is 0. The van der Waals surface area contributed by atoms with Gasteiger partial charge in [-0.1, -0.05) is 13.3 Å². The third-order valence-electron chi connectivity index (χ3n) is 2.17. The van der Waals surface area contributed by atoms with Crippen LogP contribution in [0, 0.1) is 0 Å². The van der Waals surface area contributed by atoms with Gasteiger partial charge in [0.05, 0.1) is 13.6 Å². The maximum atomic E-state index is 12.6. The van der Waals surface area contributed by atoms with Crippen molar-refractivity contribution in [1.82, 2.24) is 4.57 Å². The molecule has 0 amide bonds. The summed E-state index contributed by atoms with van der Waals surface area (Å²) in [5.74, 6) is 0. The molecule has 0 unspecified atom stereocenters. The van der Waals surface area contributed by atoms with Gasteiger partial charge in [0, 0.05) is 0 Å². The first-order valence-electron chi connectivity index (χ1n) is 4.71. The highest BCUT2D eigenvalue weighted by atomic mass is 19.4. The molecule has 0 aromatic carbocycles. The van der Waals surface area contributed by atoms with Gasteiger partial charge in [-0.15, -0.1) is 0 Å². The summed E-state index contributed by atoms with van der Waals surface area (Å²) < 4.78 is 40.2. The minimum absolute atomic E-state index is 0.438. The molecule has 1 rings (SSSR count). The molecule has 0 atom stereocenters. The summed E-state index contributed by atoms with van der Waals surface area (Å²) in [5.41, 5.74) is -0.529. The first-order valence-corrected chi connectivity index (χ1v) is 4.71. The summed E-state index contributed by atoms with van der Waals surface area (Å²) in [6.07, 6.45) is 4.60. The zero-order valence-electron chi connectivity index (χ0n) is 8.38. The predicted octanol–water partition coefficient (Wildman–Crippen LogP) is 1.17. The fourth-order valence-corrected chi connectivity index (χ4v) is 1.47. The van der Waals surface area contributed by atoms with E-state index in [-0.39, 0.29) is 0 Å². The van der Waals surface area contributed by atoms with Gasteiger partial charge in [-0.05, 0) is 6.42 Å². The van der Waals surface area contributed by atoms with E-state index in [2.05, 4.69) is 0 Å². The third-order valence-corrected chi connectivity index (χ3v) is 2.17. The quantitative estimate of drug-likeness (QED) is 0.516. The summed E-state index contributed by atoms with van der Waals surface area (Å²) in [4.78, 5) is 0. The maximum absolute atomic E-state index is 12.6. The van der Waals surface area contributed by atoms with Crippen LogP contribution in [0.25, 0.3) is 0 Å². The van der Waals surface area contributed by atoms with Crippen LogP contribution in [0.3, 0.4) is 0 Å². The number of rotatable bonds is 4. The van der Waals surface area contributed by atoms with E-state index in [1.165, 1.54) is 24.0 Å². The zero-order valence-corrected chi connectivity index (χ0v) is 8.38. The van der Waals surface area contributed by atoms with Crippen LogP contribution >= 0.6 is 0 Å². The second kappa shape index (κ2) is 4.06. The standard InChI is InChI=1S/C8H14BF3N2/c1-3-4-5-14-7-6-13(2)8(14)9(10,11)12/h6-7H,3-5H2,1-2H3. The van der Waals surface area contributed by atoms with Gasteiger partial charge in [-0.3, -0.25) is 9.13 Å². The molecular formula is C8H14BF3N2. The Kier molecular flexibility index (Phi) is 3.23. The molecule has 0 bridgehead atoms. The van der Waals surface area contributed by atoms with E-state index in [0.717, 1.165) is 17.4 Å². The van der Waals surface area contributed by atoms with E-state index in [4.69, 9.17) is 0 Å². The second-order valence-corrected chi connectivity index (χ2v) is 3.39. The van der Waals surface area contributed by atoms with Gasteiger partial charge in [-0.2, -0.15) is 0 Å².